The summed E-state index contributed by atoms with van der Waals surface area (Å²) in [7, 11) is 0. The lowest BCUT2D eigenvalue weighted by Crippen LogP contribution is -2.29. The predicted octanol–water partition coefficient (Wildman–Crippen LogP) is 4.52. The Morgan fingerprint density at radius 3 is 2.43 bits per heavy atom. The van der Waals surface area contributed by atoms with Gasteiger partial charge in [-0.1, -0.05) is 42.8 Å². The molecule has 0 atom stereocenters. The van der Waals surface area contributed by atoms with Gasteiger partial charge in [-0.2, -0.15) is 0 Å². The lowest BCUT2D eigenvalue weighted by atomic mass is 9.95. The van der Waals surface area contributed by atoms with E-state index in [4.69, 9.17) is 0 Å². The van der Waals surface area contributed by atoms with Crippen LogP contribution in [0, 0.1) is 13.8 Å². The fourth-order valence-electron chi connectivity index (χ4n) is 3.28. The van der Waals surface area contributed by atoms with E-state index in [0.717, 1.165) is 36.3 Å². The summed E-state index contributed by atoms with van der Waals surface area (Å²) in [6.07, 6.45) is 3.88. The van der Waals surface area contributed by atoms with Gasteiger partial charge in [0.2, 0.25) is 0 Å². The molecule has 0 aliphatic carbocycles. The van der Waals surface area contributed by atoms with Gasteiger partial charge in [-0.05, 0) is 62.5 Å². The van der Waals surface area contributed by atoms with Crippen molar-refractivity contribution in [2.24, 2.45) is 0 Å². The van der Waals surface area contributed by atoms with Crippen molar-refractivity contribution in [3.63, 3.8) is 0 Å². The molecule has 1 aliphatic heterocycles. The third-order valence-electron chi connectivity index (χ3n) is 4.87. The van der Waals surface area contributed by atoms with Crippen LogP contribution >= 0.6 is 0 Å². The summed E-state index contributed by atoms with van der Waals surface area (Å²) in [4.78, 5) is 15.4. The van der Waals surface area contributed by atoms with Crippen LogP contribution in [0.15, 0.2) is 42.5 Å². The average Bonchev–Trinajstić information content (AvgIpc) is 2.58. The van der Waals surface area contributed by atoms with Crippen molar-refractivity contribution in [2.45, 2.75) is 39.7 Å². The van der Waals surface area contributed by atoms with Crippen LogP contribution in [0.2, 0.25) is 0 Å². The van der Waals surface area contributed by atoms with E-state index in [1.165, 1.54) is 30.4 Å². The standard InChI is InChI=1S/C21H25NO/c1-16-10-11-18(14-17(16)2)21(23)20-9-5-4-8-19(20)15-22-12-6-3-7-13-22/h4-5,8-11,14H,3,6-7,12-13,15H2,1-2H3. The highest BCUT2D eigenvalue weighted by molar-refractivity contribution is 6.10. The second-order valence-corrected chi connectivity index (χ2v) is 6.62. The van der Waals surface area contributed by atoms with Crippen LogP contribution in [0.1, 0.15) is 51.9 Å². The minimum Gasteiger partial charge on any atom is -0.299 e. The first-order chi connectivity index (χ1) is 11.1. The Bertz CT molecular complexity index is 699. The molecular weight excluding hydrogens is 282 g/mol. The lowest BCUT2D eigenvalue weighted by Gasteiger charge is -2.27. The number of piperidine rings is 1. The first-order valence-electron chi connectivity index (χ1n) is 8.57. The number of likely N-dealkylation sites (tertiary alicyclic amines) is 1. The molecule has 1 aliphatic rings. The normalized spacial score (nSPS) is 15.6. The Balaban J connectivity index is 1.86. The van der Waals surface area contributed by atoms with E-state index in [-0.39, 0.29) is 5.78 Å². The van der Waals surface area contributed by atoms with Gasteiger partial charge in [-0.15, -0.1) is 0 Å². The Morgan fingerprint density at radius 2 is 1.70 bits per heavy atom. The maximum absolute atomic E-state index is 13.0. The minimum absolute atomic E-state index is 0.140. The molecule has 0 spiro atoms. The lowest BCUT2D eigenvalue weighted by molar-refractivity contribution is 0.103. The van der Waals surface area contributed by atoms with Gasteiger partial charge in [0.05, 0.1) is 0 Å². The number of benzene rings is 2. The van der Waals surface area contributed by atoms with Gasteiger partial charge in [0.1, 0.15) is 0 Å². The number of rotatable bonds is 4. The monoisotopic (exact) mass is 307 g/mol. The maximum Gasteiger partial charge on any atom is 0.193 e. The zero-order valence-corrected chi connectivity index (χ0v) is 14.1. The number of carbonyl (C=O) groups is 1. The van der Waals surface area contributed by atoms with Crippen molar-refractivity contribution in [1.29, 1.82) is 0 Å². The second-order valence-electron chi connectivity index (χ2n) is 6.62. The van der Waals surface area contributed by atoms with Crippen LogP contribution in [0.25, 0.3) is 0 Å². The quantitative estimate of drug-likeness (QED) is 0.774. The highest BCUT2D eigenvalue weighted by Crippen LogP contribution is 2.20. The molecule has 0 unspecified atom stereocenters. The van der Waals surface area contributed by atoms with E-state index in [1.54, 1.807) is 0 Å². The molecule has 1 heterocycles. The predicted molar refractivity (Wildman–Crippen MR) is 94.9 cm³/mol. The molecule has 1 fully saturated rings. The number of hydrogen-bond acceptors (Lipinski definition) is 2. The Kier molecular flexibility index (Phi) is 4.92. The molecule has 0 amide bonds. The van der Waals surface area contributed by atoms with Crippen LogP contribution < -0.4 is 0 Å². The fraction of sp³-hybridized carbons (Fsp3) is 0.381. The summed E-state index contributed by atoms with van der Waals surface area (Å²) in [5.74, 6) is 0.140. The number of nitrogens with zero attached hydrogens (tertiary/aromatic N) is 1. The zero-order chi connectivity index (χ0) is 16.2. The van der Waals surface area contributed by atoms with Gasteiger partial charge < -0.3 is 0 Å². The number of aryl methyl sites for hydroxylation is 2. The van der Waals surface area contributed by atoms with E-state index in [1.807, 2.05) is 36.4 Å². The molecule has 0 bridgehead atoms. The first kappa shape index (κ1) is 15.9. The zero-order valence-electron chi connectivity index (χ0n) is 14.1. The Hall–Kier alpha value is -1.93. The van der Waals surface area contributed by atoms with Gasteiger partial charge in [-0.25, -0.2) is 0 Å². The van der Waals surface area contributed by atoms with Gasteiger partial charge in [0.15, 0.2) is 5.78 Å². The van der Waals surface area contributed by atoms with Crippen molar-refractivity contribution in [3.05, 3.63) is 70.3 Å². The van der Waals surface area contributed by atoms with Crippen LogP contribution in [-0.2, 0) is 6.54 Å². The van der Waals surface area contributed by atoms with Crippen LogP contribution in [-0.4, -0.2) is 23.8 Å². The minimum atomic E-state index is 0.140. The summed E-state index contributed by atoms with van der Waals surface area (Å²) >= 11 is 0. The molecule has 0 aromatic heterocycles. The van der Waals surface area contributed by atoms with E-state index in [0.29, 0.717) is 0 Å². The Morgan fingerprint density at radius 1 is 0.957 bits per heavy atom. The third kappa shape index (κ3) is 3.70. The number of hydrogen-bond donors (Lipinski definition) is 0. The van der Waals surface area contributed by atoms with Crippen molar-refractivity contribution >= 4 is 5.78 Å². The summed E-state index contributed by atoms with van der Waals surface area (Å²) in [6.45, 7) is 7.31. The molecule has 2 nitrogen and oxygen atoms in total. The van der Waals surface area contributed by atoms with Crippen LogP contribution in [0.3, 0.4) is 0 Å². The maximum atomic E-state index is 13.0. The largest absolute Gasteiger partial charge is 0.299 e. The third-order valence-corrected chi connectivity index (χ3v) is 4.87. The van der Waals surface area contributed by atoms with Crippen molar-refractivity contribution < 1.29 is 4.79 Å². The molecule has 2 heteroatoms. The molecule has 0 saturated carbocycles. The highest BCUT2D eigenvalue weighted by atomic mass is 16.1. The SMILES string of the molecule is Cc1ccc(C(=O)c2ccccc2CN2CCCCC2)cc1C. The van der Waals surface area contributed by atoms with Gasteiger partial charge in [-0.3, -0.25) is 9.69 Å². The van der Waals surface area contributed by atoms with Crippen molar-refractivity contribution in [3.8, 4) is 0 Å². The van der Waals surface area contributed by atoms with Crippen molar-refractivity contribution in [1.82, 2.24) is 4.90 Å². The summed E-state index contributed by atoms with van der Waals surface area (Å²) < 4.78 is 0. The van der Waals surface area contributed by atoms with Gasteiger partial charge in [0, 0.05) is 17.7 Å². The molecule has 23 heavy (non-hydrogen) atoms. The molecule has 3 rings (SSSR count). The van der Waals surface area contributed by atoms with Crippen LogP contribution in [0.5, 0.6) is 0 Å². The summed E-state index contributed by atoms with van der Waals surface area (Å²) in [5.41, 5.74) is 5.19. The van der Waals surface area contributed by atoms with Gasteiger partial charge in [0.25, 0.3) is 0 Å². The first-order valence-corrected chi connectivity index (χ1v) is 8.57. The fourth-order valence-corrected chi connectivity index (χ4v) is 3.28. The van der Waals surface area contributed by atoms with E-state index in [2.05, 4.69) is 24.8 Å². The molecule has 120 valence electrons. The molecule has 2 aromatic rings. The second kappa shape index (κ2) is 7.10. The average molecular weight is 307 g/mol. The van der Waals surface area contributed by atoms with E-state index >= 15 is 0 Å². The van der Waals surface area contributed by atoms with E-state index in [9.17, 15) is 4.79 Å². The number of carbonyl (C=O) groups excluding carboxylic acids is 1. The van der Waals surface area contributed by atoms with E-state index < -0.39 is 0 Å². The topological polar surface area (TPSA) is 20.3 Å². The molecular formula is C21H25NO. The smallest absolute Gasteiger partial charge is 0.193 e. The molecule has 0 N–H and O–H groups in total. The number of ketones is 1. The highest BCUT2D eigenvalue weighted by Gasteiger charge is 2.17. The summed E-state index contributed by atoms with van der Waals surface area (Å²) in [6, 6.07) is 14.1. The molecule has 2 aromatic carbocycles. The molecule has 1 saturated heterocycles. The van der Waals surface area contributed by atoms with Gasteiger partial charge >= 0.3 is 0 Å². The Labute approximate surface area is 139 Å². The molecule has 0 radical (unpaired) electrons. The van der Waals surface area contributed by atoms with Crippen molar-refractivity contribution in [2.75, 3.05) is 13.1 Å². The van der Waals surface area contributed by atoms with Crippen LogP contribution in [0.4, 0.5) is 0 Å². The summed E-state index contributed by atoms with van der Waals surface area (Å²) in [5, 5.41) is 0.